The number of nitrogens with zero attached hydrogens (tertiary/aromatic N) is 3. The van der Waals surface area contributed by atoms with E-state index in [4.69, 9.17) is 5.14 Å². The minimum atomic E-state index is -3.57. The van der Waals surface area contributed by atoms with Crippen LogP contribution >= 0.6 is 15.9 Å². The van der Waals surface area contributed by atoms with Gasteiger partial charge in [0.15, 0.2) is 0 Å². The number of sulfonamides is 1. The summed E-state index contributed by atoms with van der Waals surface area (Å²) in [6.45, 7) is 0.304. The van der Waals surface area contributed by atoms with Gasteiger partial charge in [-0.25, -0.2) is 23.5 Å². The van der Waals surface area contributed by atoms with Crippen molar-refractivity contribution in [3.8, 4) is 0 Å². The van der Waals surface area contributed by atoms with Gasteiger partial charge in [-0.2, -0.15) is 0 Å². The third-order valence-electron chi connectivity index (χ3n) is 2.57. The summed E-state index contributed by atoms with van der Waals surface area (Å²) in [4.78, 5) is 21.1. The number of anilines is 1. The van der Waals surface area contributed by atoms with Crippen LogP contribution < -0.4 is 10.0 Å². The van der Waals surface area contributed by atoms with Gasteiger partial charge in [-0.3, -0.25) is 9.69 Å². The van der Waals surface area contributed by atoms with Gasteiger partial charge in [0.25, 0.3) is 0 Å². The highest BCUT2D eigenvalue weighted by Gasteiger charge is 2.33. The average Bonchev–Trinajstić information content (AvgIpc) is 2.56. The number of halogens is 1. The Balaban J connectivity index is 2.15. The zero-order valence-corrected chi connectivity index (χ0v) is 11.7. The molecular weight excluding hydrogens is 324 g/mol. The van der Waals surface area contributed by atoms with Gasteiger partial charge in [0.05, 0.1) is 5.75 Å². The van der Waals surface area contributed by atoms with E-state index in [0.29, 0.717) is 17.0 Å². The molecule has 0 spiro atoms. The molecular formula is C9H11BrN4O3S. The first kappa shape index (κ1) is 13.4. The fourth-order valence-corrected chi connectivity index (χ4v) is 3.09. The molecule has 0 saturated carbocycles. The Hall–Kier alpha value is -1.06. The lowest BCUT2D eigenvalue weighted by molar-refractivity contribution is -0.117. The normalized spacial score (nSPS) is 20.4. The number of hydrogen-bond acceptors (Lipinski definition) is 5. The highest BCUT2D eigenvalue weighted by molar-refractivity contribution is 9.10. The van der Waals surface area contributed by atoms with Crippen LogP contribution in [0.5, 0.6) is 0 Å². The van der Waals surface area contributed by atoms with E-state index < -0.39 is 10.0 Å². The molecule has 1 aromatic rings. The van der Waals surface area contributed by atoms with Crippen LogP contribution in [-0.4, -0.2) is 36.6 Å². The predicted octanol–water partition coefficient (Wildman–Crippen LogP) is -0.119. The Morgan fingerprint density at radius 1 is 1.50 bits per heavy atom. The van der Waals surface area contributed by atoms with Crippen LogP contribution in [0.3, 0.4) is 0 Å². The molecule has 2 heterocycles. The van der Waals surface area contributed by atoms with Crippen LogP contribution in [-0.2, 0) is 14.8 Å². The summed E-state index contributed by atoms with van der Waals surface area (Å²) in [5.74, 6) is -0.184. The first-order valence-electron chi connectivity index (χ1n) is 5.13. The van der Waals surface area contributed by atoms with Gasteiger partial charge in [-0.1, -0.05) is 0 Å². The van der Waals surface area contributed by atoms with E-state index in [-0.39, 0.29) is 24.0 Å². The maximum absolute atomic E-state index is 11.8. The van der Waals surface area contributed by atoms with Gasteiger partial charge in [0.2, 0.25) is 15.9 Å². The summed E-state index contributed by atoms with van der Waals surface area (Å²) in [7, 11) is -3.57. The van der Waals surface area contributed by atoms with Gasteiger partial charge < -0.3 is 0 Å². The van der Waals surface area contributed by atoms with Crippen LogP contribution in [0.4, 0.5) is 5.82 Å². The Kier molecular flexibility index (Phi) is 3.64. The summed E-state index contributed by atoms with van der Waals surface area (Å²) in [5, 5.41) is 4.98. The Morgan fingerprint density at radius 2 is 2.22 bits per heavy atom. The molecule has 0 aliphatic carbocycles. The van der Waals surface area contributed by atoms with Gasteiger partial charge in [0.1, 0.15) is 16.7 Å². The van der Waals surface area contributed by atoms with E-state index in [0.717, 1.165) is 0 Å². The summed E-state index contributed by atoms with van der Waals surface area (Å²) >= 11 is 3.19. The third-order valence-corrected chi connectivity index (χ3v) is 3.94. The quantitative estimate of drug-likeness (QED) is 0.775. The Bertz CT molecular complexity index is 577. The van der Waals surface area contributed by atoms with Crippen LogP contribution in [0.15, 0.2) is 17.0 Å². The summed E-state index contributed by atoms with van der Waals surface area (Å²) in [5.41, 5.74) is 0. The summed E-state index contributed by atoms with van der Waals surface area (Å²) < 4.78 is 22.6. The number of carbonyl (C=O) groups excluding carboxylic acids is 1. The average molecular weight is 335 g/mol. The Labute approximate surface area is 113 Å². The van der Waals surface area contributed by atoms with Crippen molar-refractivity contribution >= 4 is 37.7 Å². The van der Waals surface area contributed by atoms with Crippen molar-refractivity contribution in [1.29, 1.82) is 0 Å². The fourth-order valence-electron chi connectivity index (χ4n) is 1.92. The SMILES string of the molecule is NS(=O)(=O)CC1CC(=O)N(c2cc(Br)ncn2)C1. The van der Waals surface area contributed by atoms with Crippen LogP contribution in [0, 0.1) is 5.92 Å². The van der Waals surface area contributed by atoms with Gasteiger partial charge in [0, 0.05) is 24.9 Å². The monoisotopic (exact) mass is 334 g/mol. The second kappa shape index (κ2) is 4.90. The molecule has 0 aromatic carbocycles. The van der Waals surface area contributed by atoms with Crippen molar-refractivity contribution < 1.29 is 13.2 Å². The molecule has 9 heteroatoms. The minimum Gasteiger partial charge on any atom is -0.296 e. The van der Waals surface area contributed by atoms with E-state index in [1.165, 1.54) is 11.2 Å². The number of rotatable bonds is 3. The number of hydrogen-bond donors (Lipinski definition) is 1. The molecule has 7 nitrogen and oxygen atoms in total. The molecule has 1 atom stereocenters. The zero-order valence-electron chi connectivity index (χ0n) is 9.28. The maximum atomic E-state index is 11.8. The smallest absolute Gasteiger partial charge is 0.228 e. The standard InChI is InChI=1S/C9H11BrN4O3S/c10-7-2-8(13-5-12-7)14-3-6(1-9(14)15)4-18(11,16)17/h2,5-6H,1,3-4H2,(H2,11,16,17). The van der Waals surface area contributed by atoms with Crippen molar-refractivity contribution in [2.24, 2.45) is 11.1 Å². The first-order chi connectivity index (χ1) is 8.35. The lowest BCUT2D eigenvalue weighted by Gasteiger charge is -2.15. The molecule has 0 radical (unpaired) electrons. The van der Waals surface area contributed by atoms with Crippen molar-refractivity contribution in [2.75, 3.05) is 17.2 Å². The molecule has 1 aromatic heterocycles. The van der Waals surface area contributed by atoms with Crippen molar-refractivity contribution in [1.82, 2.24) is 9.97 Å². The van der Waals surface area contributed by atoms with E-state index in [2.05, 4.69) is 25.9 Å². The van der Waals surface area contributed by atoms with Crippen LogP contribution in [0.1, 0.15) is 6.42 Å². The lowest BCUT2D eigenvalue weighted by atomic mass is 10.1. The highest BCUT2D eigenvalue weighted by atomic mass is 79.9. The zero-order chi connectivity index (χ0) is 13.3. The Morgan fingerprint density at radius 3 is 2.83 bits per heavy atom. The van der Waals surface area contributed by atoms with E-state index in [9.17, 15) is 13.2 Å². The lowest BCUT2D eigenvalue weighted by Crippen LogP contribution is -2.28. The highest BCUT2D eigenvalue weighted by Crippen LogP contribution is 2.25. The van der Waals surface area contributed by atoms with Gasteiger partial charge >= 0.3 is 0 Å². The van der Waals surface area contributed by atoms with Crippen molar-refractivity contribution in [3.63, 3.8) is 0 Å². The van der Waals surface area contributed by atoms with Crippen molar-refractivity contribution in [2.45, 2.75) is 6.42 Å². The minimum absolute atomic E-state index is 0.158. The van der Waals surface area contributed by atoms with E-state index in [1.54, 1.807) is 6.07 Å². The molecule has 1 saturated heterocycles. The number of amides is 1. The van der Waals surface area contributed by atoms with Crippen LogP contribution in [0.2, 0.25) is 0 Å². The number of carbonyl (C=O) groups is 1. The van der Waals surface area contributed by atoms with Gasteiger partial charge in [-0.15, -0.1) is 0 Å². The second-order valence-electron chi connectivity index (χ2n) is 4.10. The first-order valence-corrected chi connectivity index (χ1v) is 7.64. The molecule has 98 valence electrons. The summed E-state index contributed by atoms with van der Waals surface area (Å²) in [6.07, 6.45) is 1.50. The molecule has 1 amide bonds. The van der Waals surface area contributed by atoms with Crippen LogP contribution in [0.25, 0.3) is 0 Å². The largest absolute Gasteiger partial charge is 0.296 e. The molecule has 1 fully saturated rings. The number of primary sulfonamides is 1. The molecule has 1 unspecified atom stereocenters. The van der Waals surface area contributed by atoms with Gasteiger partial charge in [-0.05, 0) is 15.9 Å². The third kappa shape index (κ3) is 3.24. The molecule has 1 aliphatic heterocycles. The summed E-state index contributed by atoms with van der Waals surface area (Å²) in [6, 6.07) is 1.61. The molecule has 1 aliphatic rings. The maximum Gasteiger partial charge on any atom is 0.228 e. The molecule has 18 heavy (non-hydrogen) atoms. The predicted molar refractivity (Wildman–Crippen MR) is 68.2 cm³/mol. The molecule has 2 rings (SSSR count). The van der Waals surface area contributed by atoms with E-state index in [1.807, 2.05) is 0 Å². The topological polar surface area (TPSA) is 106 Å². The molecule has 0 bridgehead atoms. The second-order valence-corrected chi connectivity index (χ2v) is 6.57. The number of nitrogens with two attached hydrogens (primary N) is 1. The fraction of sp³-hybridized carbons (Fsp3) is 0.444. The van der Waals surface area contributed by atoms with Crippen molar-refractivity contribution in [3.05, 3.63) is 17.0 Å². The molecule has 2 N–H and O–H groups in total. The number of aromatic nitrogens is 2. The van der Waals surface area contributed by atoms with E-state index >= 15 is 0 Å².